The van der Waals surface area contributed by atoms with Gasteiger partial charge in [-0.25, -0.2) is 15.0 Å². The lowest BCUT2D eigenvalue weighted by molar-refractivity contribution is 0.557. The van der Waals surface area contributed by atoms with Crippen LogP contribution in [0.2, 0.25) is 0 Å². The van der Waals surface area contributed by atoms with E-state index in [0.29, 0.717) is 0 Å². The SMILES string of the molecule is c1ccc2c(N3CCn4ccnc4C3)nc(-c3ccsc3)nc2c1. The van der Waals surface area contributed by atoms with Gasteiger partial charge in [0.05, 0.1) is 12.1 Å². The Kier molecular flexibility index (Phi) is 3.09. The van der Waals surface area contributed by atoms with Gasteiger partial charge in [-0.1, -0.05) is 12.1 Å². The van der Waals surface area contributed by atoms with Crippen molar-refractivity contribution in [3.63, 3.8) is 0 Å². The van der Waals surface area contributed by atoms with Crippen molar-refractivity contribution in [2.45, 2.75) is 13.1 Å². The van der Waals surface area contributed by atoms with Crippen molar-refractivity contribution in [3.8, 4) is 11.4 Å². The molecule has 0 N–H and O–H groups in total. The van der Waals surface area contributed by atoms with Crippen molar-refractivity contribution in [2.75, 3.05) is 11.4 Å². The Bertz CT molecular complexity index is 1010. The minimum absolute atomic E-state index is 0.775. The molecule has 3 aromatic heterocycles. The minimum Gasteiger partial charge on any atom is -0.347 e. The van der Waals surface area contributed by atoms with Gasteiger partial charge in [-0.2, -0.15) is 11.3 Å². The van der Waals surface area contributed by atoms with Crippen LogP contribution in [0, 0.1) is 0 Å². The highest BCUT2D eigenvalue weighted by Crippen LogP contribution is 2.30. The molecule has 4 heterocycles. The number of hydrogen-bond donors (Lipinski definition) is 0. The first-order valence-electron chi connectivity index (χ1n) is 7.93. The number of anilines is 1. The van der Waals surface area contributed by atoms with E-state index in [9.17, 15) is 0 Å². The van der Waals surface area contributed by atoms with E-state index in [2.05, 4.69) is 43.4 Å². The summed E-state index contributed by atoms with van der Waals surface area (Å²) in [5.41, 5.74) is 2.06. The maximum atomic E-state index is 4.91. The smallest absolute Gasteiger partial charge is 0.162 e. The van der Waals surface area contributed by atoms with Crippen LogP contribution < -0.4 is 4.90 Å². The van der Waals surface area contributed by atoms with Gasteiger partial charge in [-0.3, -0.25) is 0 Å². The van der Waals surface area contributed by atoms with Crippen LogP contribution in [0.3, 0.4) is 0 Å². The quantitative estimate of drug-likeness (QED) is 0.562. The van der Waals surface area contributed by atoms with Crippen LogP contribution in [0.4, 0.5) is 5.82 Å². The molecule has 0 saturated carbocycles. The highest BCUT2D eigenvalue weighted by Gasteiger charge is 2.21. The molecule has 1 aliphatic rings. The predicted molar refractivity (Wildman–Crippen MR) is 96.1 cm³/mol. The summed E-state index contributed by atoms with van der Waals surface area (Å²) in [5, 5.41) is 5.25. The van der Waals surface area contributed by atoms with E-state index in [1.54, 1.807) is 11.3 Å². The molecule has 6 heteroatoms. The van der Waals surface area contributed by atoms with Gasteiger partial charge in [-0.15, -0.1) is 0 Å². The molecule has 0 bridgehead atoms. The number of para-hydroxylation sites is 1. The summed E-state index contributed by atoms with van der Waals surface area (Å²) in [4.78, 5) is 16.4. The summed E-state index contributed by atoms with van der Waals surface area (Å²) >= 11 is 1.67. The maximum Gasteiger partial charge on any atom is 0.162 e. The summed E-state index contributed by atoms with van der Waals surface area (Å²) < 4.78 is 2.21. The number of hydrogen-bond acceptors (Lipinski definition) is 5. The highest BCUT2D eigenvalue weighted by atomic mass is 32.1. The average Bonchev–Trinajstić information content (AvgIpc) is 3.31. The lowest BCUT2D eigenvalue weighted by Crippen LogP contribution is -2.34. The second-order valence-electron chi connectivity index (χ2n) is 5.86. The van der Waals surface area contributed by atoms with Crippen LogP contribution >= 0.6 is 11.3 Å². The molecule has 5 nitrogen and oxygen atoms in total. The monoisotopic (exact) mass is 333 g/mol. The van der Waals surface area contributed by atoms with E-state index >= 15 is 0 Å². The molecule has 1 aromatic carbocycles. The second-order valence-corrected chi connectivity index (χ2v) is 6.64. The molecule has 0 atom stereocenters. The first kappa shape index (κ1) is 13.7. The maximum absolute atomic E-state index is 4.91. The van der Waals surface area contributed by atoms with Crippen LogP contribution in [0.15, 0.2) is 53.5 Å². The number of imidazole rings is 1. The summed E-state index contributed by atoms with van der Waals surface area (Å²) in [6, 6.07) is 10.3. The normalized spacial score (nSPS) is 14.1. The standard InChI is InChI=1S/C18H15N5S/c1-2-4-15-14(3-1)18(21-17(20-15)13-5-10-24-12-13)23-9-8-22-7-6-19-16(22)11-23/h1-7,10,12H,8-9,11H2. The van der Waals surface area contributed by atoms with Crippen molar-refractivity contribution < 1.29 is 0 Å². The van der Waals surface area contributed by atoms with Gasteiger partial charge < -0.3 is 9.47 Å². The van der Waals surface area contributed by atoms with Gasteiger partial charge in [-0.05, 0) is 23.6 Å². The molecule has 0 fully saturated rings. The van der Waals surface area contributed by atoms with Crippen LogP contribution in [-0.2, 0) is 13.1 Å². The van der Waals surface area contributed by atoms with Gasteiger partial charge in [0, 0.05) is 41.8 Å². The molecule has 24 heavy (non-hydrogen) atoms. The summed E-state index contributed by atoms with van der Waals surface area (Å²) in [6.45, 7) is 2.63. The molecule has 5 rings (SSSR count). The van der Waals surface area contributed by atoms with Gasteiger partial charge >= 0.3 is 0 Å². The molecule has 0 saturated heterocycles. The van der Waals surface area contributed by atoms with E-state index in [-0.39, 0.29) is 0 Å². The van der Waals surface area contributed by atoms with E-state index in [1.807, 2.05) is 24.5 Å². The zero-order chi connectivity index (χ0) is 15.9. The van der Waals surface area contributed by atoms with Gasteiger partial charge in [0.1, 0.15) is 11.6 Å². The number of nitrogens with zero attached hydrogens (tertiary/aromatic N) is 5. The van der Waals surface area contributed by atoms with E-state index in [1.165, 1.54) is 0 Å². The molecule has 118 valence electrons. The topological polar surface area (TPSA) is 46.8 Å². The number of rotatable bonds is 2. The van der Waals surface area contributed by atoms with Crippen molar-refractivity contribution in [1.82, 2.24) is 19.5 Å². The lowest BCUT2D eigenvalue weighted by atomic mass is 10.2. The van der Waals surface area contributed by atoms with Crippen LogP contribution in [0.1, 0.15) is 5.82 Å². The Morgan fingerprint density at radius 1 is 1.04 bits per heavy atom. The summed E-state index contributed by atoms with van der Waals surface area (Å²) in [5.74, 6) is 2.87. The van der Waals surface area contributed by atoms with E-state index in [4.69, 9.17) is 9.97 Å². The number of aromatic nitrogens is 4. The first-order valence-corrected chi connectivity index (χ1v) is 8.87. The van der Waals surface area contributed by atoms with Crippen molar-refractivity contribution in [1.29, 1.82) is 0 Å². The Morgan fingerprint density at radius 3 is 2.92 bits per heavy atom. The predicted octanol–water partition coefficient (Wildman–Crippen LogP) is 3.58. The lowest BCUT2D eigenvalue weighted by Gasteiger charge is -2.29. The average molecular weight is 333 g/mol. The molecule has 0 aliphatic carbocycles. The fourth-order valence-electron chi connectivity index (χ4n) is 3.18. The molecule has 0 radical (unpaired) electrons. The first-order chi connectivity index (χ1) is 11.9. The minimum atomic E-state index is 0.775. The fraction of sp³-hybridized carbons (Fsp3) is 0.167. The number of thiophene rings is 1. The highest BCUT2D eigenvalue weighted by molar-refractivity contribution is 7.08. The third-order valence-corrected chi connectivity index (χ3v) is 5.09. The summed E-state index contributed by atoms with van der Waals surface area (Å²) in [7, 11) is 0. The molecule has 0 unspecified atom stereocenters. The van der Waals surface area contributed by atoms with Crippen LogP contribution in [0.25, 0.3) is 22.3 Å². The molecule has 4 aromatic rings. The van der Waals surface area contributed by atoms with Crippen molar-refractivity contribution in [3.05, 3.63) is 59.3 Å². The third kappa shape index (κ3) is 2.18. The van der Waals surface area contributed by atoms with Crippen molar-refractivity contribution in [2.24, 2.45) is 0 Å². The van der Waals surface area contributed by atoms with Gasteiger partial charge in [0.2, 0.25) is 0 Å². The second kappa shape index (κ2) is 5.42. The molecular formula is C18H15N5S. The zero-order valence-corrected chi connectivity index (χ0v) is 13.8. The van der Waals surface area contributed by atoms with Crippen LogP contribution in [-0.4, -0.2) is 26.1 Å². The molecule has 0 amide bonds. The van der Waals surface area contributed by atoms with Crippen LogP contribution in [0.5, 0.6) is 0 Å². The van der Waals surface area contributed by atoms with Gasteiger partial charge in [0.15, 0.2) is 5.82 Å². The molecule has 0 spiro atoms. The Morgan fingerprint density at radius 2 is 2.00 bits per heavy atom. The Balaban J connectivity index is 1.67. The number of fused-ring (bicyclic) bond motifs is 2. The van der Waals surface area contributed by atoms with E-state index < -0.39 is 0 Å². The van der Waals surface area contributed by atoms with E-state index in [0.717, 1.165) is 53.6 Å². The Hall–Kier alpha value is -2.73. The zero-order valence-electron chi connectivity index (χ0n) is 13.0. The van der Waals surface area contributed by atoms with Crippen molar-refractivity contribution >= 4 is 28.1 Å². The summed E-state index contributed by atoms with van der Waals surface area (Å²) in [6.07, 6.45) is 3.91. The fourth-order valence-corrected chi connectivity index (χ4v) is 3.81. The van der Waals surface area contributed by atoms with Gasteiger partial charge in [0.25, 0.3) is 0 Å². The Labute approximate surface area is 143 Å². The molecular weight excluding hydrogens is 318 g/mol. The third-order valence-electron chi connectivity index (χ3n) is 4.41. The largest absolute Gasteiger partial charge is 0.347 e. The number of benzene rings is 1. The molecule has 1 aliphatic heterocycles.